The quantitative estimate of drug-likeness (QED) is 0.806. The summed E-state index contributed by atoms with van der Waals surface area (Å²) in [7, 11) is 1.84. The molecule has 1 saturated heterocycles. The number of aryl methyl sites for hydroxylation is 1. The fourth-order valence-corrected chi connectivity index (χ4v) is 3.51. The Morgan fingerprint density at radius 2 is 2.05 bits per heavy atom. The van der Waals surface area contributed by atoms with E-state index < -0.39 is 0 Å². The maximum atomic E-state index is 12.9. The van der Waals surface area contributed by atoms with Gasteiger partial charge in [-0.1, -0.05) is 12.8 Å². The fraction of sp³-hybridized carbons (Fsp3) is 0.786. The van der Waals surface area contributed by atoms with E-state index in [4.69, 9.17) is 4.74 Å². The van der Waals surface area contributed by atoms with Crippen LogP contribution in [0.25, 0.3) is 0 Å². The molecule has 2 aliphatic rings. The number of aromatic nitrogens is 3. The molecule has 20 heavy (non-hydrogen) atoms. The van der Waals surface area contributed by atoms with Crippen LogP contribution in [0.1, 0.15) is 31.5 Å². The Morgan fingerprint density at radius 3 is 2.65 bits per heavy atom. The number of rotatable bonds is 4. The van der Waals surface area contributed by atoms with Crippen LogP contribution in [0.15, 0.2) is 6.33 Å². The second-order valence-corrected chi connectivity index (χ2v) is 5.74. The van der Waals surface area contributed by atoms with Crippen LogP contribution in [0.2, 0.25) is 0 Å². The number of ketones is 1. The first kappa shape index (κ1) is 13.7. The Hall–Kier alpha value is -1.27. The topological polar surface area (TPSA) is 60.2 Å². The Bertz CT molecular complexity index is 473. The summed E-state index contributed by atoms with van der Waals surface area (Å²) in [6.45, 7) is 3.20. The van der Waals surface area contributed by atoms with Crippen LogP contribution in [0, 0.1) is 0 Å². The molecule has 0 N–H and O–H groups in total. The molecule has 0 spiro atoms. The minimum atomic E-state index is -0.282. The molecule has 3 rings (SSSR count). The summed E-state index contributed by atoms with van der Waals surface area (Å²) in [6.07, 6.45) is 6.13. The number of carbonyl (C=O) groups excluding carboxylic acids is 1. The van der Waals surface area contributed by atoms with Crippen molar-refractivity contribution in [3.05, 3.63) is 12.2 Å². The first-order valence-electron chi connectivity index (χ1n) is 7.41. The lowest BCUT2D eigenvalue weighted by Gasteiger charge is -2.42. The first-order chi connectivity index (χ1) is 9.72. The van der Waals surface area contributed by atoms with Gasteiger partial charge in [0.25, 0.3) is 0 Å². The van der Waals surface area contributed by atoms with Crippen molar-refractivity contribution in [3.8, 4) is 0 Å². The molecule has 0 radical (unpaired) electrons. The Labute approximate surface area is 119 Å². The third-order valence-corrected chi connectivity index (χ3v) is 4.69. The molecule has 1 aliphatic heterocycles. The average molecular weight is 278 g/mol. The van der Waals surface area contributed by atoms with Gasteiger partial charge in [0.2, 0.25) is 0 Å². The van der Waals surface area contributed by atoms with E-state index in [2.05, 4.69) is 15.0 Å². The van der Waals surface area contributed by atoms with Gasteiger partial charge in [-0.2, -0.15) is 5.10 Å². The molecule has 110 valence electrons. The maximum Gasteiger partial charge on any atom is 0.160 e. The van der Waals surface area contributed by atoms with E-state index in [0.29, 0.717) is 12.2 Å². The van der Waals surface area contributed by atoms with Crippen molar-refractivity contribution in [2.24, 2.45) is 7.05 Å². The molecule has 1 aromatic heterocycles. The van der Waals surface area contributed by atoms with Gasteiger partial charge < -0.3 is 4.74 Å². The predicted molar refractivity (Wildman–Crippen MR) is 73.3 cm³/mol. The van der Waals surface area contributed by atoms with Gasteiger partial charge in [0.05, 0.1) is 25.2 Å². The minimum Gasteiger partial charge on any atom is -0.379 e. The second kappa shape index (κ2) is 5.61. The summed E-state index contributed by atoms with van der Waals surface area (Å²) >= 11 is 0. The van der Waals surface area contributed by atoms with Crippen LogP contribution in [0.3, 0.4) is 0 Å². The van der Waals surface area contributed by atoms with Crippen LogP contribution in [-0.4, -0.2) is 57.3 Å². The highest BCUT2D eigenvalue weighted by Gasteiger charge is 2.46. The molecule has 1 aliphatic carbocycles. The van der Waals surface area contributed by atoms with Crippen molar-refractivity contribution in [2.45, 2.75) is 37.6 Å². The number of hydrogen-bond acceptors (Lipinski definition) is 5. The van der Waals surface area contributed by atoms with Gasteiger partial charge in [-0.05, 0) is 12.8 Å². The maximum absolute atomic E-state index is 12.9. The van der Waals surface area contributed by atoms with Crippen molar-refractivity contribution < 1.29 is 9.53 Å². The third kappa shape index (κ3) is 2.38. The number of nitrogens with zero attached hydrogens (tertiary/aromatic N) is 4. The zero-order valence-electron chi connectivity index (χ0n) is 12.0. The minimum absolute atomic E-state index is 0.282. The highest BCUT2D eigenvalue weighted by Crippen LogP contribution is 2.37. The number of Topliss-reactive ketones (excluding diaryl/α,β-unsaturated/α-hetero) is 1. The molecular weight excluding hydrogens is 256 g/mol. The van der Waals surface area contributed by atoms with E-state index in [1.807, 2.05) is 7.05 Å². The van der Waals surface area contributed by atoms with E-state index in [1.54, 1.807) is 4.68 Å². The normalized spacial score (nSPS) is 23.1. The third-order valence-electron chi connectivity index (χ3n) is 4.69. The van der Waals surface area contributed by atoms with Crippen LogP contribution in [-0.2, 0) is 23.0 Å². The molecule has 0 bridgehead atoms. The van der Waals surface area contributed by atoms with Crippen molar-refractivity contribution in [2.75, 3.05) is 26.3 Å². The Balaban J connectivity index is 1.79. The zero-order valence-corrected chi connectivity index (χ0v) is 12.0. The van der Waals surface area contributed by atoms with Gasteiger partial charge in [-0.15, -0.1) is 0 Å². The summed E-state index contributed by atoms with van der Waals surface area (Å²) in [5, 5.41) is 4.05. The highest BCUT2D eigenvalue weighted by atomic mass is 16.5. The highest BCUT2D eigenvalue weighted by molar-refractivity contribution is 5.90. The predicted octanol–water partition coefficient (Wildman–Crippen LogP) is 0.572. The lowest BCUT2D eigenvalue weighted by Crippen LogP contribution is -2.57. The molecule has 2 heterocycles. The van der Waals surface area contributed by atoms with Gasteiger partial charge in [0.1, 0.15) is 12.2 Å². The van der Waals surface area contributed by atoms with Crippen molar-refractivity contribution in [3.63, 3.8) is 0 Å². The molecule has 0 aromatic carbocycles. The summed E-state index contributed by atoms with van der Waals surface area (Å²) in [5.41, 5.74) is -0.282. The van der Waals surface area contributed by atoms with Crippen molar-refractivity contribution in [1.82, 2.24) is 19.7 Å². The molecule has 6 heteroatoms. The van der Waals surface area contributed by atoms with Crippen LogP contribution in [0.5, 0.6) is 0 Å². The van der Waals surface area contributed by atoms with Gasteiger partial charge in [0.15, 0.2) is 5.78 Å². The molecule has 1 aromatic rings. The largest absolute Gasteiger partial charge is 0.379 e. The van der Waals surface area contributed by atoms with Gasteiger partial charge in [0, 0.05) is 20.1 Å². The molecule has 0 atom stereocenters. The van der Waals surface area contributed by atoms with E-state index in [9.17, 15) is 4.79 Å². The summed E-state index contributed by atoms with van der Waals surface area (Å²) in [6, 6.07) is 0. The first-order valence-corrected chi connectivity index (χ1v) is 7.41. The van der Waals surface area contributed by atoms with Crippen LogP contribution >= 0.6 is 0 Å². The van der Waals surface area contributed by atoms with Gasteiger partial charge in [-0.25, -0.2) is 4.98 Å². The second-order valence-electron chi connectivity index (χ2n) is 5.74. The standard InChI is InChI=1S/C14H22N4O2/c1-17-13(15-11-16-17)10-12(19)14(4-2-3-5-14)18-6-8-20-9-7-18/h11H,2-10H2,1H3. The number of carbonyl (C=O) groups is 1. The smallest absolute Gasteiger partial charge is 0.160 e. The number of hydrogen-bond donors (Lipinski definition) is 0. The van der Waals surface area contributed by atoms with Crippen molar-refractivity contribution in [1.29, 1.82) is 0 Å². The molecule has 0 amide bonds. The molecule has 2 fully saturated rings. The van der Waals surface area contributed by atoms with Gasteiger partial charge in [-0.3, -0.25) is 14.4 Å². The van der Waals surface area contributed by atoms with E-state index >= 15 is 0 Å². The summed E-state index contributed by atoms with van der Waals surface area (Å²) < 4.78 is 7.12. The van der Waals surface area contributed by atoms with Crippen LogP contribution in [0.4, 0.5) is 0 Å². The summed E-state index contributed by atoms with van der Waals surface area (Å²) in [4.78, 5) is 19.5. The molecule has 0 unspecified atom stereocenters. The SMILES string of the molecule is Cn1ncnc1CC(=O)C1(N2CCOCC2)CCCC1. The van der Waals surface area contributed by atoms with Crippen molar-refractivity contribution >= 4 is 5.78 Å². The fourth-order valence-electron chi connectivity index (χ4n) is 3.51. The Kier molecular flexibility index (Phi) is 3.85. The molecule has 1 saturated carbocycles. The van der Waals surface area contributed by atoms with E-state index in [1.165, 1.54) is 6.33 Å². The lowest BCUT2D eigenvalue weighted by molar-refractivity contribution is -0.134. The average Bonchev–Trinajstić information content (AvgIpc) is 3.11. The number of ether oxygens (including phenoxy) is 1. The molecular formula is C14H22N4O2. The van der Waals surface area contributed by atoms with E-state index in [0.717, 1.165) is 57.8 Å². The summed E-state index contributed by atoms with van der Waals surface area (Å²) in [5.74, 6) is 1.06. The lowest BCUT2D eigenvalue weighted by atomic mass is 9.87. The van der Waals surface area contributed by atoms with Gasteiger partial charge >= 0.3 is 0 Å². The monoisotopic (exact) mass is 278 g/mol. The Morgan fingerprint density at radius 1 is 1.35 bits per heavy atom. The van der Waals surface area contributed by atoms with E-state index in [-0.39, 0.29) is 5.54 Å². The van der Waals surface area contributed by atoms with Crippen LogP contribution < -0.4 is 0 Å². The number of morpholine rings is 1. The molecule has 6 nitrogen and oxygen atoms in total. The zero-order chi connectivity index (χ0) is 14.0.